The lowest BCUT2D eigenvalue weighted by Crippen LogP contribution is -2.34. The highest BCUT2D eigenvalue weighted by Gasteiger charge is 2.24. The highest BCUT2D eigenvalue weighted by Crippen LogP contribution is 2.22. The maximum atomic E-state index is 13.8. The van der Waals surface area contributed by atoms with Gasteiger partial charge >= 0.3 is 5.69 Å². The van der Waals surface area contributed by atoms with Crippen LogP contribution in [0.15, 0.2) is 12.1 Å². The molecule has 1 atom stereocenters. The second-order valence-corrected chi connectivity index (χ2v) is 4.20. The van der Waals surface area contributed by atoms with Crippen molar-refractivity contribution in [3.05, 3.63) is 39.4 Å². The third kappa shape index (κ3) is 3.95. The number of nitrogens with one attached hydrogen (secondary N) is 1. The maximum absolute atomic E-state index is 13.8. The minimum atomic E-state index is -1.35. The molecular formula is C12H14F2N2O4. The number of halogens is 2. The lowest BCUT2D eigenvalue weighted by Gasteiger charge is -2.13. The number of nitrogens with zero attached hydrogens (tertiary/aromatic N) is 1. The van der Waals surface area contributed by atoms with Gasteiger partial charge in [-0.25, -0.2) is 4.39 Å². The molecule has 0 aliphatic rings. The fraction of sp³-hybridized carbons (Fsp3) is 0.417. The largest absolute Gasteiger partial charge is 0.385 e. The zero-order valence-electron chi connectivity index (χ0n) is 11.0. The van der Waals surface area contributed by atoms with Crippen molar-refractivity contribution in [2.75, 3.05) is 13.7 Å². The zero-order chi connectivity index (χ0) is 15.3. The monoisotopic (exact) mass is 288 g/mol. The Balaban J connectivity index is 2.96. The minimum absolute atomic E-state index is 0.343. The van der Waals surface area contributed by atoms with Crippen molar-refractivity contribution < 1.29 is 23.2 Å². The van der Waals surface area contributed by atoms with Gasteiger partial charge in [0, 0.05) is 19.8 Å². The van der Waals surface area contributed by atoms with Gasteiger partial charge in [-0.1, -0.05) is 0 Å². The van der Waals surface area contributed by atoms with E-state index in [0.29, 0.717) is 25.2 Å². The average Bonchev–Trinajstić information content (AvgIpc) is 2.38. The molecular weight excluding hydrogens is 274 g/mol. The van der Waals surface area contributed by atoms with Crippen LogP contribution in [0.4, 0.5) is 14.5 Å². The summed E-state index contributed by atoms with van der Waals surface area (Å²) in [4.78, 5) is 21.3. The van der Waals surface area contributed by atoms with Gasteiger partial charge in [-0.3, -0.25) is 14.9 Å². The van der Waals surface area contributed by atoms with Crippen molar-refractivity contribution in [2.45, 2.75) is 19.4 Å². The molecule has 1 aromatic rings. The van der Waals surface area contributed by atoms with E-state index in [1.807, 2.05) is 0 Å². The van der Waals surface area contributed by atoms with E-state index in [-0.39, 0.29) is 6.04 Å². The van der Waals surface area contributed by atoms with Gasteiger partial charge in [-0.15, -0.1) is 0 Å². The Labute approximate surface area is 113 Å². The van der Waals surface area contributed by atoms with Crippen molar-refractivity contribution in [2.24, 2.45) is 0 Å². The summed E-state index contributed by atoms with van der Waals surface area (Å²) in [6.45, 7) is 2.04. The standard InChI is InChI=1S/C12H14F2N2O4/c1-7(3-4-20-2)15-12(17)9-5-8(13)6-10(11(9)14)16(18)19/h5-7H,3-4H2,1-2H3,(H,15,17). The predicted octanol–water partition coefficient (Wildman–Crippen LogP) is 2.03. The van der Waals surface area contributed by atoms with E-state index in [4.69, 9.17) is 4.74 Å². The molecule has 0 saturated heterocycles. The number of ether oxygens (including phenoxy) is 1. The fourth-order valence-corrected chi connectivity index (χ4v) is 1.54. The topological polar surface area (TPSA) is 81.5 Å². The van der Waals surface area contributed by atoms with Gasteiger partial charge in [0.15, 0.2) is 0 Å². The van der Waals surface area contributed by atoms with E-state index in [1.54, 1.807) is 6.92 Å². The number of amides is 1. The van der Waals surface area contributed by atoms with Gasteiger partial charge in [-0.2, -0.15) is 4.39 Å². The van der Waals surface area contributed by atoms with Crippen LogP contribution in [0.25, 0.3) is 0 Å². The van der Waals surface area contributed by atoms with E-state index < -0.39 is 33.7 Å². The predicted molar refractivity (Wildman–Crippen MR) is 66.4 cm³/mol. The van der Waals surface area contributed by atoms with E-state index in [9.17, 15) is 23.7 Å². The molecule has 0 spiro atoms. The molecule has 0 fully saturated rings. The number of hydrogen-bond acceptors (Lipinski definition) is 4. The van der Waals surface area contributed by atoms with Crippen LogP contribution in [0.3, 0.4) is 0 Å². The number of rotatable bonds is 6. The molecule has 0 heterocycles. The summed E-state index contributed by atoms with van der Waals surface area (Å²) in [5, 5.41) is 13.0. The lowest BCUT2D eigenvalue weighted by atomic mass is 10.1. The first-order valence-corrected chi connectivity index (χ1v) is 5.80. The summed E-state index contributed by atoms with van der Waals surface area (Å²) >= 11 is 0. The summed E-state index contributed by atoms with van der Waals surface area (Å²) in [5.74, 6) is -3.31. The van der Waals surface area contributed by atoms with Gasteiger partial charge in [0.2, 0.25) is 5.82 Å². The fourth-order valence-electron chi connectivity index (χ4n) is 1.54. The Morgan fingerprint density at radius 3 is 2.70 bits per heavy atom. The van der Waals surface area contributed by atoms with Crippen LogP contribution in [-0.4, -0.2) is 30.6 Å². The van der Waals surface area contributed by atoms with Gasteiger partial charge in [0.05, 0.1) is 16.6 Å². The Hall–Kier alpha value is -2.09. The summed E-state index contributed by atoms with van der Waals surface area (Å²) in [5.41, 5.74) is -1.76. The summed E-state index contributed by atoms with van der Waals surface area (Å²) in [6, 6.07) is 0.713. The number of nitro benzene ring substituents is 1. The second kappa shape index (κ2) is 6.90. The van der Waals surface area contributed by atoms with Crippen molar-refractivity contribution in [1.82, 2.24) is 5.32 Å². The number of hydrogen-bond donors (Lipinski definition) is 1. The molecule has 8 heteroatoms. The second-order valence-electron chi connectivity index (χ2n) is 4.20. The summed E-state index contributed by atoms with van der Waals surface area (Å²) in [7, 11) is 1.49. The lowest BCUT2D eigenvalue weighted by molar-refractivity contribution is -0.387. The molecule has 1 aromatic carbocycles. The average molecular weight is 288 g/mol. The number of carbonyl (C=O) groups excluding carboxylic acids is 1. The third-order valence-corrected chi connectivity index (χ3v) is 2.59. The van der Waals surface area contributed by atoms with Crippen molar-refractivity contribution in [3.63, 3.8) is 0 Å². The maximum Gasteiger partial charge on any atom is 0.308 e. The van der Waals surface area contributed by atoms with E-state index in [1.165, 1.54) is 7.11 Å². The van der Waals surface area contributed by atoms with Crippen LogP contribution in [-0.2, 0) is 4.74 Å². The third-order valence-electron chi connectivity index (χ3n) is 2.59. The first-order chi connectivity index (χ1) is 9.36. The molecule has 1 amide bonds. The first-order valence-electron chi connectivity index (χ1n) is 5.80. The van der Waals surface area contributed by atoms with Gasteiger partial charge in [0.1, 0.15) is 5.82 Å². The molecule has 20 heavy (non-hydrogen) atoms. The smallest absolute Gasteiger partial charge is 0.308 e. The molecule has 1 rings (SSSR count). The van der Waals surface area contributed by atoms with Gasteiger partial charge in [-0.05, 0) is 19.4 Å². The quantitative estimate of drug-likeness (QED) is 0.641. The van der Waals surface area contributed by atoms with Gasteiger partial charge < -0.3 is 10.1 Å². The van der Waals surface area contributed by atoms with Crippen LogP contribution in [0.1, 0.15) is 23.7 Å². The van der Waals surface area contributed by atoms with Crippen molar-refractivity contribution in [3.8, 4) is 0 Å². The zero-order valence-corrected chi connectivity index (χ0v) is 11.0. The Kier molecular flexibility index (Phi) is 5.51. The number of nitro groups is 1. The molecule has 0 saturated carbocycles. The van der Waals surface area contributed by atoms with Crippen LogP contribution >= 0.6 is 0 Å². The number of methoxy groups -OCH3 is 1. The molecule has 0 aliphatic heterocycles. The van der Waals surface area contributed by atoms with E-state index in [0.717, 1.165) is 0 Å². The van der Waals surface area contributed by atoms with Crippen molar-refractivity contribution >= 4 is 11.6 Å². The SMILES string of the molecule is COCCC(C)NC(=O)c1cc(F)cc([N+](=O)[O-])c1F. The highest BCUT2D eigenvalue weighted by atomic mass is 19.1. The summed E-state index contributed by atoms with van der Waals surface area (Å²) < 4.78 is 31.8. The van der Waals surface area contributed by atoms with Gasteiger partial charge in [0.25, 0.3) is 5.91 Å². The molecule has 0 aliphatic carbocycles. The molecule has 6 nitrogen and oxygen atoms in total. The molecule has 110 valence electrons. The van der Waals surface area contributed by atoms with Crippen LogP contribution < -0.4 is 5.32 Å². The normalized spacial score (nSPS) is 12.0. The number of carbonyl (C=O) groups is 1. The molecule has 1 unspecified atom stereocenters. The minimum Gasteiger partial charge on any atom is -0.385 e. The number of benzene rings is 1. The molecule has 0 radical (unpaired) electrons. The summed E-state index contributed by atoms with van der Waals surface area (Å²) in [6.07, 6.45) is 0.473. The van der Waals surface area contributed by atoms with E-state index in [2.05, 4.69) is 5.32 Å². The van der Waals surface area contributed by atoms with Crippen molar-refractivity contribution in [1.29, 1.82) is 0 Å². The van der Waals surface area contributed by atoms with Crippen LogP contribution in [0, 0.1) is 21.7 Å². The first kappa shape index (κ1) is 16.0. The Morgan fingerprint density at radius 1 is 1.50 bits per heavy atom. The Bertz CT molecular complexity index is 522. The molecule has 0 aromatic heterocycles. The van der Waals surface area contributed by atoms with E-state index >= 15 is 0 Å². The van der Waals surface area contributed by atoms with Crippen LogP contribution in [0.5, 0.6) is 0 Å². The highest BCUT2D eigenvalue weighted by molar-refractivity contribution is 5.95. The molecule has 0 bridgehead atoms. The molecule has 1 N–H and O–H groups in total. The van der Waals surface area contributed by atoms with Crippen LogP contribution in [0.2, 0.25) is 0 Å². The Morgan fingerprint density at radius 2 is 2.15 bits per heavy atom.